The molecule has 0 spiro atoms. The predicted molar refractivity (Wildman–Crippen MR) is 58.8 cm³/mol. The van der Waals surface area contributed by atoms with Crippen molar-refractivity contribution in [2.75, 3.05) is 0 Å². The molecule has 0 radical (unpaired) electrons. The van der Waals surface area contributed by atoms with Crippen molar-refractivity contribution in [2.45, 2.75) is 56.6 Å². The number of halogens is 1. The van der Waals surface area contributed by atoms with E-state index in [1.165, 1.54) is 0 Å². The molecule has 0 bridgehead atoms. The molecule has 0 saturated heterocycles. The van der Waals surface area contributed by atoms with Crippen LogP contribution in [0.25, 0.3) is 0 Å². The minimum Gasteiger partial charge on any atom is -0.386 e. The van der Waals surface area contributed by atoms with Crippen molar-refractivity contribution in [3.05, 3.63) is 10.1 Å². The maximum absolute atomic E-state index is 11.2. The van der Waals surface area contributed by atoms with Gasteiger partial charge in [-0.05, 0) is 25.7 Å². The second-order valence-electron chi connectivity index (χ2n) is 4.64. The van der Waals surface area contributed by atoms with Gasteiger partial charge in [-0.3, -0.25) is 10.1 Å². The van der Waals surface area contributed by atoms with E-state index in [1.54, 1.807) is 0 Å². The van der Waals surface area contributed by atoms with Gasteiger partial charge in [0.1, 0.15) is 6.10 Å². The van der Waals surface area contributed by atoms with Crippen LogP contribution >= 0.6 is 12.4 Å². The molecule has 0 aromatic carbocycles. The number of rotatable bonds is 1. The Hall–Kier alpha value is -0.350. The first-order chi connectivity index (χ1) is 6.68. The minimum absolute atomic E-state index is 0. The van der Waals surface area contributed by atoms with Gasteiger partial charge in [-0.15, -0.1) is 12.4 Å². The van der Waals surface area contributed by atoms with Crippen LogP contribution in [-0.2, 0) is 0 Å². The molecule has 0 aromatic heterocycles. The Kier molecular flexibility index (Phi) is 3.95. The summed E-state index contributed by atoms with van der Waals surface area (Å²) in [6.07, 6.45) is 5.26. The molecule has 0 aliphatic heterocycles. The summed E-state index contributed by atoms with van der Waals surface area (Å²) in [7, 11) is 0. The van der Waals surface area contributed by atoms with Gasteiger partial charge in [-0.1, -0.05) is 12.8 Å². The molecular formula is C10H18ClNO3. The fraction of sp³-hybridized carbons (Fsp3) is 1.00. The Morgan fingerprint density at radius 1 is 1.20 bits per heavy atom. The topological polar surface area (TPSA) is 63.4 Å². The third-order valence-electron chi connectivity index (χ3n) is 4.03. The standard InChI is InChI=1S/C10H17NO3.ClH/c12-9-6-3-5-8-4-1-2-7-10(8,9)11(13)14;/h8-9,12H,1-7H2;1H. The summed E-state index contributed by atoms with van der Waals surface area (Å²) in [6, 6.07) is 0. The summed E-state index contributed by atoms with van der Waals surface area (Å²) in [5.41, 5.74) is -0.990. The number of nitrogens with zero attached hydrogens (tertiary/aromatic N) is 1. The van der Waals surface area contributed by atoms with Crippen LogP contribution in [0.5, 0.6) is 0 Å². The molecule has 2 saturated carbocycles. The van der Waals surface area contributed by atoms with E-state index in [2.05, 4.69) is 0 Å². The van der Waals surface area contributed by atoms with Crippen LogP contribution in [0.2, 0.25) is 0 Å². The lowest BCUT2D eigenvalue weighted by atomic mass is 9.64. The highest BCUT2D eigenvalue weighted by atomic mass is 35.5. The molecular weight excluding hydrogens is 218 g/mol. The molecule has 4 nitrogen and oxygen atoms in total. The Bertz CT molecular complexity index is 247. The van der Waals surface area contributed by atoms with Gasteiger partial charge in [0.25, 0.3) is 0 Å². The SMILES string of the molecule is Cl.O=[N+]([O-])C12CCCCC1CCCC2O. The normalized spacial score (nSPS) is 40.1. The third-order valence-corrected chi connectivity index (χ3v) is 4.03. The van der Waals surface area contributed by atoms with Crippen LogP contribution in [0.15, 0.2) is 0 Å². The van der Waals surface area contributed by atoms with E-state index in [0.717, 1.165) is 32.1 Å². The van der Waals surface area contributed by atoms with Crippen LogP contribution < -0.4 is 0 Å². The molecule has 0 aromatic rings. The van der Waals surface area contributed by atoms with E-state index in [4.69, 9.17) is 0 Å². The van der Waals surface area contributed by atoms with E-state index in [-0.39, 0.29) is 23.2 Å². The Labute approximate surface area is 95.6 Å². The monoisotopic (exact) mass is 235 g/mol. The fourth-order valence-corrected chi connectivity index (χ4v) is 3.26. The second-order valence-corrected chi connectivity index (χ2v) is 4.64. The zero-order chi connectivity index (χ0) is 10.2. The molecule has 3 atom stereocenters. The number of hydrogen-bond acceptors (Lipinski definition) is 3. The third kappa shape index (κ3) is 1.85. The highest BCUT2D eigenvalue weighted by molar-refractivity contribution is 5.85. The van der Waals surface area contributed by atoms with Gasteiger partial charge in [0.15, 0.2) is 0 Å². The number of aliphatic hydroxyl groups excluding tert-OH is 1. The Balaban J connectivity index is 0.00000112. The quantitative estimate of drug-likeness (QED) is 0.560. The summed E-state index contributed by atoms with van der Waals surface area (Å²) in [6.45, 7) is 0. The van der Waals surface area contributed by atoms with Crippen LogP contribution in [-0.4, -0.2) is 21.7 Å². The molecule has 0 heterocycles. The maximum Gasteiger partial charge on any atom is 0.250 e. The molecule has 2 rings (SSSR count). The van der Waals surface area contributed by atoms with E-state index < -0.39 is 11.6 Å². The first-order valence-electron chi connectivity index (χ1n) is 5.50. The van der Waals surface area contributed by atoms with E-state index >= 15 is 0 Å². The van der Waals surface area contributed by atoms with Gasteiger partial charge in [0, 0.05) is 17.3 Å². The average Bonchev–Trinajstić information content (AvgIpc) is 2.18. The van der Waals surface area contributed by atoms with Gasteiger partial charge in [-0.25, -0.2) is 0 Å². The molecule has 3 unspecified atom stereocenters. The average molecular weight is 236 g/mol. The molecule has 2 fully saturated rings. The summed E-state index contributed by atoms with van der Waals surface area (Å²) >= 11 is 0. The Morgan fingerprint density at radius 2 is 1.87 bits per heavy atom. The lowest BCUT2D eigenvalue weighted by Crippen LogP contribution is -2.58. The van der Waals surface area contributed by atoms with Crippen molar-refractivity contribution in [3.8, 4) is 0 Å². The van der Waals surface area contributed by atoms with Gasteiger partial charge in [0.2, 0.25) is 5.54 Å². The van der Waals surface area contributed by atoms with E-state index in [1.807, 2.05) is 0 Å². The fourth-order valence-electron chi connectivity index (χ4n) is 3.26. The highest BCUT2D eigenvalue weighted by Gasteiger charge is 2.58. The zero-order valence-electron chi connectivity index (χ0n) is 8.72. The summed E-state index contributed by atoms with van der Waals surface area (Å²) in [5.74, 6) is 0.120. The molecule has 2 aliphatic carbocycles. The second kappa shape index (κ2) is 4.66. The lowest BCUT2D eigenvalue weighted by molar-refractivity contribution is -0.601. The Morgan fingerprint density at radius 3 is 2.47 bits per heavy atom. The first kappa shape index (κ1) is 12.7. The van der Waals surface area contributed by atoms with E-state index in [0.29, 0.717) is 12.8 Å². The van der Waals surface area contributed by atoms with Crippen molar-refractivity contribution in [1.29, 1.82) is 0 Å². The molecule has 0 amide bonds. The van der Waals surface area contributed by atoms with Gasteiger partial charge in [-0.2, -0.15) is 0 Å². The number of hydrogen-bond donors (Lipinski definition) is 1. The molecule has 15 heavy (non-hydrogen) atoms. The largest absolute Gasteiger partial charge is 0.386 e. The van der Waals surface area contributed by atoms with Gasteiger partial charge in [0.05, 0.1) is 0 Å². The van der Waals surface area contributed by atoms with E-state index in [9.17, 15) is 15.2 Å². The van der Waals surface area contributed by atoms with Crippen LogP contribution in [0, 0.1) is 16.0 Å². The summed E-state index contributed by atoms with van der Waals surface area (Å²) in [5, 5.41) is 21.1. The smallest absolute Gasteiger partial charge is 0.250 e. The molecule has 2 aliphatic rings. The molecule has 88 valence electrons. The molecule has 1 N–H and O–H groups in total. The summed E-state index contributed by atoms with van der Waals surface area (Å²) < 4.78 is 0. The van der Waals surface area contributed by atoms with Crippen molar-refractivity contribution < 1.29 is 10.0 Å². The first-order valence-corrected chi connectivity index (χ1v) is 5.50. The number of fused-ring (bicyclic) bond motifs is 1. The van der Waals surface area contributed by atoms with Crippen molar-refractivity contribution in [2.24, 2.45) is 5.92 Å². The van der Waals surface area contributed by atoms with Crippen molar-refractivity contribution >= 4 is 12.4 Å². The van der Waals surface area contributed by atoms with Crippen LogP contribution in [0.3, 0.4) is 0 Å². The van der Waals surface area contributed by atoms with Crippen LogP contribution in [0.1, 0.15) is 44.9 Å². The van der Waals surface area contributed by atoms with Gasteiger partial charge < -0.3 is 5.11 Å². The highest BCUT2D eigenvalue weighted by Crippen LogP contribution is 2.45. The molecule has 5 heteroatoms. The van der Waals surface area contributed by atoms with Crippen molar-refractivity contribution in [3.63, 3.8) is 0 Å². The minimum atomic E-state index is -0.990. The number of nitro groups is 1. The van der Waals surface area contributed by atoms with Crippen molar-refractivity contribution in [1.82, 2.24) is 0 Å². The number of aliphatic hydroxyl groups is 1. The zero-order valence-corrected chi connectivity index (χ0v) is 9.54. The maximum atomic E-state index is 11.2. The lowest BCUT2D eigenvalue weighted by Gasteiger charge is -2.43. The van der Waals surface area contributed by atoms with Crippen LogP contribution in [0.4, 0.5) is 0 Å². The predicted octanol–water partition coefficient (Wildman–Crippen LogP) is 2.16. The summed E-state index contributed by atoms with van der Waals surface area (Å²) in [4.78, 5) is 11.0. The van der Waals surface area contributed by atoms with Gasteiger partial charge >= 0.3 is 0 Å².